The largest absolute Gasteiger partial charge is 0.453 e. The number of aromatic amines is 2. The lowest BCUT2D eigenvalue weighted by Crippen LogP contribution is -2.09. The van der Waals surface area contributed by atoms with Gasteiger partial charge in [0, 0.05) is 5.69 Å². The Labute approximate surface area is 91.6 Å². The SMILES string of the molecule is O=c1[nH]c2c([nH]1)-c1c(noc1C(F)(F)F)CC2. The molecule has 0 unspecified atom stereocenters. The Morgan fingerprint density at radius 3 is 2.71 bits per heavy atom. The first-order valence-electron chi connectivity index (χ1n) is 4.84. The van der Waals surface area contributed by atoms with Crippen LogP contribution in [-0.4, -0.2) is 15.1 Å². The zero-order valence-corrected chi connectivity index (χ0v) is 8.31. The molecule has 0 amide bonds. The van der Waals surface area contributed by atoms with Gasteiger partial charge in [-0.2, -0.15) is 13.2 Å². The number of imidazole rings is 1. The molecule has 3 rings (SSSR count). The second-order valence-electron chi connectivity index (χ2n) is 3.76. The van der Waals surface area contributed by atoms with Gasteiger partial charge in [-0.1, -0.05) is 5.16 Å². The lowest BCUT2D eigenvalue weighted by Gasteiger charge is -2.10. The number of halogens is 3. The van der Waals surface area contributed by atoms with Gasteiger partial charge in [0.25, 0.3) is 0 Å². The first-order valence-corrected chi connectivity index (χ1v) is 4.84. The predicted octanol–water partition coefficient (Wildman–Crippen LogP) is 1.48. The summed E-state index contributed by atoms with van der Waals surface area (Å²) in [5.74, 6) is -1.16. The quantitative estimate of drug-likeness (QED) is 0.738. The summed E-state index contributed by atoms with van der Waals surface area (Å²) >= 11 is 0. The maximum atomic E-state index is 12.7. The molecule has 2 aromatic rings. The standard InChI is InChI=1S/C9H6F3N3O2/c10-9(11,12)7-5-3(15-17-7)1-2-4-6(5)14-8(16)13-4/h1-2H2,(H2,13,14,16). The summed E-state index contributed by atoms with van der Waals surface area (Å²) in [4.78, 5) is 15.9. The van der Waals surface area contributed by atoms with Crippen molar-refractivity contribution in [1.82, 2.24) is 15.1 Å². The number of hydrogen-bond donors (Lipinski definition) is 2. The van der Waals surface area contributed by atoms with Crippen molar-refractivity contribution in [1.29, 1.82) is 0 Å². The Balaban J connectivity index is 2.29. The van der Waals surface area contributed by atoms with Crippen LogP contribution in [0.4, 0.5) is 13.2 Å². The van der Waals surface area contributed by atoms with E-state index in [4.69, 9.17) is 0 Å². The van der Waals surface area contributed by atoms with Gasteiger partial charge < -0.3 is 14.5 Å². The van der Waals surface area contributed by atoms with Gasteiger partial charge >= 0.3 is 11.9 Å². The average Bonchev–Trinajstić information content (AvgIpc) is 2.76. The van der Waals surface area contributed by atoms with Crippen molar-refractivity contribution >= 4 is 0 Å². The van der Waals surface area contributed by atoms with E-state index >= 15 is 0 Å². The molecule has 90 valence electrons. The number of rotatable bonds is 0. The maximum Gasteiger partial charge on any atom is 0.453 e. The van der Waals surface area contributed by atoms with Gasteiger partial charge in [0.05, 0.1) is 17.0 Å². The van der Waals surface area contributed by atoms with E-state index in [-0.39, 0.29) is 17.0 Å². The van der Waals surface area contributed by atoms with Crippen molar-refractivity contribution in [2.45, 2.75) is 19.0 Å². The normalized spacial score (nSPS) is 14.5. The van der Waals surface area contributed by atoms with E-state index < -0.39 is 17.6 Å². The van der Waals surface area contributed by atoms with Crippen LogP contribution in [0.2, 0.25) is 0 Å². The van der Waals surface area contributed by atoms with Gasteiger partial charge in [0.1, 0.15) is 0 Å². The average molecular weight is 245 g/mol. The number of aryl methyl sites for hydroxylation is 2. The van der Waals surface area contributed by atoms with Crippen LogP contribution < -0.4 is 5.69 Å². The van der Waals surface area contributed by atoms with Crippen LogP contribution in [-0.2, 0) is 19.0 Å². The molecule has 2 heterocycles. The molecule has 0 spiro atoms. The molecule has 1 aliphatic carbocycles. The molecule has 0 saturated heterocycles. The molecule has 8 heteroatoms. The minimum absolute atomic E-state index is 0.129. The molecule has 0 atom stereocenters. The third-order valence-electron chi connectivity index (χ3n) is 2.69. The summed E-state index contributed by atoms with van der Waals surface area (Å²) in [7, 11) is 0. The van der Waals surface area contributed by atoms with E-state index in [1.54, 1.807) is 0 Å². The lowest BCUT2D eigenvalue weighted by atomic mass is 9.96. The monoisotopic (exact) mass is 245 g/mol. The fourth-order valence-corrected chi connectivity index (χ4v) is 2.01. The van der Waals surface area contributed by atoms with Gasteiger partial charge in [0.2, 0.25) is 5.76 Å². The molecule has 0 radical (unpaired) electrons. The number of nitrogens with one attached hydrogen (secondary N) is 2. The first kappa shape index (κ1) is 10.2. The van der Waals surface area contributed by atoms with Crippen LogP contribution in [0.5, 0.6) is 0 Å². The predicted molar refractivity (Wildman–Crippen MR) is 49.3 cm³/mol. The minimum Gasteiger partial charge on any atom is -0.351 e. The Kier molecular flexibility index (Phi) is 1.81. The molecule has 5 nitrogen and oxygen atoms in total. The van der Waals surface area contributed by atoms with Gasteiger partial charge in [-0.3, -0.25) is 0 Å². The number of aromatic nitrogens is 3. The van der Waals surface area contributed by atoms with Crippen molar-refractivity contribution in [3.8, 4) is 11.3 Å². The maximum absolute atomic E-state index is 12.7. The fraction of sp³-hybridized carbons (Fsp3) is 0.333. The number of H-pyrrole nitrogens is 2. The molecule has 0 bridgehead atoms. The second-order valence-corrected chi connectivity index (χ2v) is 3.76. The smallest absolute Gasteiger partial charge is 0.351 e. The zero-order chi connectivity index (χ0) is 12.2. The number of fused-ring (bicyclic) bond motifs is 3. The molecule has 2 aromatic heterocycles. The first-order chi connectivity index (χ1) is 7.97. The highest BCUT2D eigenvalue weighted by Crippen LogP contribution is 2.41. The van der Waals surface area contributed by atoms with Crippen LogP contribution in [0.15, 0.2) is 9.32 Å². The van der Waals surface area contributed by atoms with Crippen molar-refractivity contribution in [3.05, 3.63) is 27.6 Å². The molecule has 0 saturated carbocycles. The summed E-state index contributed by atoms with van der Waals surface area (Å²) in [6, 6.07) is 0. The van der Waals surface area contributed by atoms with Crippen LogP contribution in [0.3, 0.4) is 0 Å². The number of hydrogen-bond acceptors (Lipinski definition) is 3. The van der Waals surface area contributed by atoms with Crippen molar-refractivity contribution < 1.29 is 17.7 Å². The van der Waals surface area contributed by atoms with Gasteiger partial charge in [-0.05, 0) is 12.8 Å². The molecule has 0 aliphatic heterocycles. The Hall–Kier alpha value is -1.99. The molecule has 2 N–H and O–H groups in total. The molecule has 1 aliphatic rings. The van der Waals surface area contributed by atoms with E-state index in [0.29, 0.717) is 18.5 Å². The van der Waals surface area contributed by atoms with E-state index in [0.717, 1.165) is 0 Å². The van der Waals surface area contributed by atoms with E-state index in [9.17, 15) is 18.0 Å². The third kappa shape index (κ3) is 1.40. The highest BCUT2D eigenvalue weighted by atomic mass is 19.4. The second kappa shape index (κ2) is 3.02. The molecular weight excluding hydrogens is 239 g/mol. The minimum atomic E-state index is -4.62. The van der Waals surface area contributed by atoms with E-state index in [2.05, 4.69) is 19.6 Å². The van der Waals surface area contributed by atoms with Crippen LogP contribution in [0.1, 0.15) is 17.1 Å². The topological polar surface area (TPSA) is 74.7 Å². The lowest BCUT2D eigenvalue weighted by molar-refractivity contribution is -0.154. The third-order valence-corrected chi connectivity index (χ3v) is 2.69. The zero-order valence-electron chi connectivity index (χ0n) is 8.31. The fourth-order valence-electron chi connectivity index (χ4n) is 2.01. The van der Waals surface area contributed by atoms with Crippen LogP contribution in [0, 0.1) is 0 Å². The number of alkyl halides is 3. The van der Waals surface area contributed by atoms with Crippen molar-refractivity contribution in [2.24, 2.45) is 0 Å². The highest BCUT2D eigenvalue weighted by Gasteiger charge is 2.42. The molecule has 17 heavy (non-hydrogen) atoms. The summed E-state index contributed by atoms with van der Waals surface area (Å²) in [5, 5.41) is 3.40. The van der Waals surface area contributed by atoms with Crippen LogP contribution >= 0.6 is 0 Å². The molecule has 0 aromatic carbocycles. The van der Waals surface area contributed by atoms with E-state index in [1.807, 2.05) is 0 Å². The molecular formula is C9H6F3N3O2. The number of nitrogens with zero attached hydrogens (tertiary/aromatic N) is 1. The Bertz CT molecular complexity index is 635. The van der Waals surface area contributed by atoms with E-state index in [1.165, 1.54) is 0 Å². The van der Waals surface area contributed by atoms with Crippen LogP contribution in [0.25, 0.3) is 11.3 Å². The van der Waals surface area contributed by atoms with Gasteiger partial charge in [-0.15, -0.1) is 0 Å². The summed E-state index contributed by atoms with van der Waals surface area (Å²) in [6.07, 6.45) is -3.87. The summed E-state index contributed by atoms with van der Waals surface area (Å²) in [5.41, 5.74) is 0.121. The van der Waals surface area contributed by atoms with Crippen molar-refractivity contribution in [2.75, 3.05) is 0 Å². The van der Waals surface area contributed by atoms with Crippen molar-refractivity contribution in [3.63, 3.8) is 0 Å². The molecule has 0 fully saturated rings. The van der Waals surface area contributed by atoms with Gasteiger partial charge in [0.15, 0.2) is 0 Å². The summed E-state index contributed by atoms with van der Waals surface area (Å²) in [6.45, 7) is 0. The van der Waals surface area contributed by atoms with Gasteiger partial charge in [-0.25, -0.2) is 4.79 Å². The highest BCUT2D eigenvalue weighted by molar-refractivity contribution is 5.69. The Morgan fingerprint density at radius 2 is 2.00 bits per heavy atom. The summed E-state index contributed by atoms with van der Waals surface area (Å²) < 4.78 is 42.4. The Morgan fingerprint density at radius 1 is 1.24 bits per heavy atom.